The summed E-state index contributed by atoms with van der Waals surface area (Å²) >= 11 is 1.44. The predicted molar refractivity (Wildman–Crippen MR) is 80.5 cm³/mol. The van der Waals surface area contributed by atoms with Crippen LogP contribution in [-0.4, -0.2) is 35.4 Å². The highest BCUT2D eigenvalue weighted by Gasteiger charge is 2.10. The molecule has 1 aromatic heterocycles. The van der Waals surface area contributed by atoms with Gasteiger partial charge in [-0.3, -0.25) is 9.69 Å². The van der Waals surface area contributed by atoms with Gasteiger partial charge in [-0.05, 0) is 31.3 Å². The van der Waals surface area contributed by atoms with Crippen LogP contribution in [0.2, 0.25) is 0 Å². The first-order chi connectivity index (χ1) is 9.12. The number of aromatic nitrogens is 1. The van der Waals surface area contributed by atoms with Gasteiger partial charge in [-0.1, -0.05) is 25.2 Å². The van der Waals surface area contributed by atoms with Gasteiger partial charge in [-0.15, -0.1) is 0 Å². The van der Waals surface area contributed by atoms with Crippen LogP contribution in [0.1, 0.15) is 13.8 Å². The number of hydrogen-bond acceptors (Lipinski definition) is 5. The highest BCUT2D eigenvalue weighted by atomic mass is 32.1. The fraction of sp³-hybridized carbons (Fsp3) is 0.385. The first kappa shape index (κ1) is 13.8. The van der Waals surface area contributed by atoms with Gasteiger partial charge < -0.3 is 11.1 Å². The number of benzene rings is 1. The van der Waals surface area contributed by atoms with Crippen molar-refractivity contribution in [2.24, 2.45) is 0 Å². The third kappa shape index (κ3) is 3.42. The van der Waals surface area contributed by atoms with E-state index in [-0.39, 0.29) is 5.91 Å². The molecule has 0 spiro atoms. The lowest BCUT2D eigenvalue weighted by atomic mass is 10.3. The van der Waals surface area contributed by atoms with Crippen LogP contribution in [0.15, 0.2) is 18.2 Å². The second kappa shape index (κ2) is 5.99. The van der Waals surface area contributed by atoms with Gasteiger partial charge in [0.2, 0.25) is 5.91 Å². The van der Waals surface area contributed by atoms with E-state index < -0.39 is 0 Å². The summed E-state index contributed by atoms with van der Waals surface area (Å²) in [5.74, 6) is -0.0317. The summed E-state index contributed by atoms with van der Waals surface area (Å²) in [7, 11) is 0. The minimum Gasteiger partial charge on any atom is -0.399 e. The number of rotatable bonds is 5. The number of nitrogens with two attached hydrogens (primary N) is 1. The molecule has 19 heavy (non-hydrogen) atoms. The number of fused-ring (bicyclic) bond motifs is 1. The van der Waals surface area contributed by atoms with Crippen molar-refractivity contribution < 1.29 is 4.79 Å². The van der Waals surface area contributed by atoms with E-state index in [1.165, 1.54) is 11.3 Å². The summed E-state index contributed by atoms with van der Waals surface area (Å²) in [5.41, 5.74) is 7.29. The second-order valence-electron chi connectivity index (χ2n) is 4.26. The molecule has 0 aliphatic heterocycles. The number of hydrogen-bond donors (Lipinski definition) is 2. The van der Waals surface area contributed by atoms with E-state index >= 15 is 0 Å². The molecule has 2 aromatic rings. The van der Waals surface area contributed by atoms with E-state index in [0.29, 0.717) is 17.4 Å². The van der Waals surface area contributed by atoms with Crippen LogP contribution >= 0.6 is 11.3 Å². The molecule has 6 heteroatoms. The van der Waals surface area contributed by atoms with Crippen LogP contribution in [0.25, 0.3) is 10.2 Å². The molecule has 0 fully saturated rings. The topological polar surface area (TPSA) is 71.2 Å². The van der Waals surface area contributed by atoms with E-state index in [1.807, 2.05) is 32.0 Å². The van der Waals surface area contributed by atoms with E-state index in [9.17, 15) is 4.79 Å². The quantitative estimate of drug-likeness (QED) is 0.822. The molecule has 5 nitrogen and oxygen atoms in total. The molecule has 0 aliphatic carbocycles. The third-order valence-corrected chi connectivity index (χ3v) is 3.85. The normalized spacial score (nSPS) is 11.1. The predicted octanol–water partition coefficient (Wildman–Crippen LogP) is 2.16. The van der Waals surface area contributed by atoms with Crippen molar-refractivity contribution >= 4 is 38.3 Å². The third-order valence-electron chi connectivity index (χ3n) is 2.92. The largest absolute Gasteiger partial charge is 0.399 e. The van der Waals surface area contributed by atoms with Crippen molar-refractivity contribution in [2.75, 3.05) is 30.7 Å². The number of likely N-dealkylation sites (N-methyl/N-ethyl adjacent to an activating group) is 1. The molecular weight excluding hydrogens is 260 g/mol. The van der Waals surface area contributed by atoms with E-state index in [0.717, 1.165) is 23.3 Å². The number of anilines is 2. The number of carbonyl (C=O) groups excluding carboxylic acids is 1. The summed E-state index contributed by atoms with van der Waals surface area (Å²) in [4.78, 5) is 18.3. The fourth-order valence-electron chi connectivity index (χ4n) is 1.80. The molecule has 102 valence electrons. The summed E-state index contributed by atoms with van der Waals surface area (Å²) in [6.45, 7) is 6.19. The zero-order chi connectivity index (χ0) is 13.8. The summed E-state index contributed by atoms with van der Waals surface area (Å²) in [6, 6.07) is 5.54. The van der Waals surface area contributed by atoms with Gasteiger partial charge in [0, 0.05) is 5.69 Å². The van der Waals surface area contributed by atoms with Crippen LogP contribution in [-0.2, 0) is 4.79 Å². The lowest BCUT2D eigenvalue weighted by molar-refractivity contribution is -0.117. The van der Waals surface area contributed by atoms with Crippen molar-refractivity contribution in [3.05, 3.63) is 18.2 Å². The molecule has 1 aromatic carbocycles. The monoisotopic (exact) mass is 278 g/mol. The summed E-state index contributed by atoms with van der Waals surface area (Å²) in [5, 5.41) is 3.46. The van der Waals surface area contributed by atoms with Crippen molar-refractivity contribution in [1.29, 1.82) is 0 Å². The molecule has 2 rings (SSSR count). The van der Waals surface area contributed by atoms with Gasteiger partial charge in [0.25, 0.3) is 0 Å². The Bertz CT molecular complexity index is 577. The molecule has 1 heterocycles. The maximum absolute atomic E-state index is 11.9. The maximum Gasteiger partial charge on any atom is 0.240 e. The number of amides is 1. The molecule has 0 atom stereocenters. The SMILES string of the molecule is CCN(CC)CC(=O)Nc1nc2ccc(N)cc2s1. The average Bonchev–Trinajstić information content (AvgIpc) is 2.77. The van der Waals surface area contributed by atoms with Gasteiger partial charge in [-0.25, -0.2) is 4.98 Å². The molecule has 3 N–H and O–H groups in total. The number of nitrogen functional groups attached to an aromatic ring is 1. The standard InChI is InChI=1S/C13H18N4OS/c1-3-17(4-2)8-12(18)16-13-15-10-6-5-9(14)7-11(10)19-13/h5-7H,3-4,8,14H2,1-2H3,(H,15,16,18). The Morgan fingerprint density at radius 2 is 2.16 bits per heavy atom. The van der Waals surface area contributed by atoms with Gasteiger partial charge in [-0.2, -0.15) is 0 Å². The number of nitrogens with one attached hydrogen (secondary N) is 1. The van der Waals surface area contributed by atoms with Crippen molar-refractivity contribution in [3.8, 4) is 0 Å². The minimum absolute atomic E-state index is 0.0317. The van der Waals surface area contributed by atoms with Gasteiger partial charge in [0.15, 0.2) is 5.13 Å². The molecule has 0 unspecified atom stereocenters. The zero-order valence-electron chi connectivity index (χ0n) is 11.1. The smallest absolute Gasteiger partial charge is 0.240 e. The van der Waals surface area contributed by atoms with Gasteiger partial charge >= 0.3 is 0 Å². The Morgan fingerprint density at radius 1 is 1.42 bits per heavy atom. The molecule has 1 amide bonds. The molecule has 0 saturated heterocycles. The number of carbonyl (C=O) groups is 1. The zero-order valence-corrected chi connectivity index (χ0v) is 12.0. The molecule has 0 saturated carbocycles. The Hall–Kier alpha value is -1.66. The first-order valence-electron chi connectivity index (χ1n) is 6.30. The number of nitrogens with zero attached hydrogens (tertiary/aromatic N) is 2. The van der Waals surface area contributed by atoms with Crippen LogP contribution in [0.5, 0.6) is 0 Å². The van der Waals surface area contributed by atoms with Crippen LogP contribution in [0.3, 0.4) is 0 Å². The highest BCUT2D eigenvalue weighted by molar-refractivity contribution is 7.22. The Kier molecular flexibility index (Phi) is 4.34. The lowest BCUT2D eigenvalue weighted by Gasteiger charge is -2.16. The molecule has 0 bridgehead atoms. The van der Waals surface area contributed by atoms with Crippen molar-refractivity contribution in [2.45, 2.75) is 13.8 Å². The highest BCUT2D eigenvalue weighted by Crippen LogP contribution is 2.27. The van der Waals surface area contributed by atoms with Crippen molar-refractivity contribution in [1.82, 2.24) is 9.88 Å². The Morgan fingerprint density at radius 3 is 2.84 bits per heavy atom. The van der Waals surface area contributed by atoms with E-state index in [1.54, 1.807) is 0 Å². The van der Waals surface area contributed by atoms with Gasteiger partial charge in [0.1, 0.15) is 0 Å². The minimum atomic E-state index is -0.0317. The van der Waals surface area contributed by atoms with Crippen LogP contribution in [0, 0.1) is 0 Å². The summed E-state index contributed by atoms with van der Waals surface area (Å²) in [6.07, 6.45) is 0. The maximum atomic E-state index is 11.9. The molecule has 0 radical (unpaired) electrons. The Balaban J connectivity index is 2.06. The molecular formula is C13H18N4OS. The van der Waals surface area contributed by atoms with Crippen molar-refractivity contribution in [3.63, 3.8) is 0 Å². The lowest BCUT2D eigenvalue weighted by Crippen LogP contribution is -2.32. The first-order valence-corrected chi connectivity index (χ1v) is 7.12. The average molecular weight is 278 g/mol. The summed E-state index contributed by atoms with van der Waals surface area (Å²) < 4.78 is 0.984. The van der Waals surface area contributed by atoms with Crippen LogP contribution in [0.4, 0.5) is 10.8 Å². The Labute approximate surface area is 116 Å². The van der Waals surface area contributed by atoms with E-state index in [2.05, 4.69) is 15.2 Å². The van der Waals surface area contributed by atoms with Crippen LogP contribution < -0.4 is 11.1 Å². The second-order valence-corrected chi connectivity index (χ2v) is 5.29. The van der Waals surface area contributed by atoms with Gasteiger partial charge in [0.05, 0.1) is 16.8 Å². The fourth-order valence-corrected chi connectivity index (χ4v) is 2.73. The number of thiazole rings is 1. The van der Waals surface area contributed by atoms with E-state index in [4.69, 9.17) is 5.73 Å². The molecule has 0 aliphatic rings.